The van der Waals surface area contributed by atoms with Crippen LogP contribution >= 0.6 is 0 Å². The van der Waals surface area contributed by atoms with Crippen LogP contribution in [0.2, 0.25) is 0 Å². The van der Waals surface area contributed by atoms with Crippen LogP contribution in [0.15, 0.2) is 67.0 Å². The van der Waals surface area contributed by atoms with Crippen molar-refractivity contribution >= 4 is 0 Å². The van der Waals surface area contributed by atoms with Gasteiger partial charge in [0.15, 0.2) is 11.2 Å². The van der Waals surface area contributed by atoms with Gasteiger partial charge in [0, 0.05) is 18.4 Å². The molecule has 0 bridgehead atoms. The van der Waals surface area contributed by atoms with Gasteiger partial charge in [0.25, 0.3) is 0 Å². The topological polar surface area (TPSA) is 75.0 Å². The van der Waals surface area contributed by atoms with E-state index in [1.807, 2.05) is 80.5 Å². The number of hydrogen-bond acceptors (Lipinski definition) is 6. The zero-order valence-corrected chi connectivity index (χ0v) is 19.4. The first-order valence-electron chi connectivity index (χ1n) is 11.2. The summed E-state index contributed by atoms with van der Waals surface area (Å²) < 4.78 is 12.4. The maximum atomic E-state index is 12.7. The van der Waals surface area contributed by atoms with Gasteiger partial charge in [0.2, 0.25) is 0 Å². The third-order valence-corrected chi connectivity index (χ3v) is 7.23. The molecule has 6 nitrogen and oxygen atoms in total. The number of aryl methyl sites for hydroxylation is 1. The number of hydrogen-bond donors (Lipinski definition) is 2. The Labute approximate surface area is 194 Å². The summed E-state index contributed by atoms with van der Waals surface area (Å²) in [5, 5.41) is 24.6. The lowest BCUT2D eigenvalue weighted by atomic mass is 9.70. The minimum Gasteiger partial charge on any atom is -0.495 e. The summed E-state index contributed by atoms with van der Waals surface area (Å²) in [5.41, 5.74) is 0.361. The fourth-order valence-corrected chi connectivity index (χ4v) is 5.96. The molecule has 0 saturated heterocycles. The van der Waals surface area contributed by atoms with Gasteiger partial charge in [-0.2, -0.15) is 0 Å². The van der Waals surface area contributed by atoms with Crippen molar-refractivity contribution in [3.63, 3.8) is 0 Å². The van der Waals surface area contributed by atoms with E-state index >= 15 is 0 Å². The largest absolute Gasteiger partial charge is 0.495 e. The molecule has 5 atom stereocenters. The van der Waals surface area contributed by atoms with Gasteiger partial charge in [-0.05, 0) is 32.1 Å². The lowest BCUT2D eigenvalue weighted by molar-refractivity contribution is -0.152. The van der Waals surface area contributed by atoms with Crippen LogP contribution in [0.4, 0.5) is 0 Å². The van der Waals surface area contributed by atoms with Crippen molar-refractivity contribution in [3.05, 3.63) is 89.2 Å². The van der Waals surface area contributed by atoms with Crippen molar-refractivity contribution in [1.29, 1.82) is 0 Å². The fourth-order valence-electron chi connectivity index (χ4n) is 5.96. The Morgan fingerprint density at radius 2 is 1.76 bits per heavy atom. The Morgan fingerprint density at radius 3 is 2.39 bits per heavy atom. The normalized spacial score (nSPS) is 30.1. The van der Waals surface area contributed by atoms with Gasteiger partial charge < -0.3 is 24.6 Å². The van der Waals surface area contributed by atoms with E-state index in [0.717, 1.165) is 16.7 Å². The van der Waals surface area contributed by atoms with Crippen molar-refractivity contribution < 1.29 is 19.7 Å². The highest BCUT2D eigenvalue weighted by molar-refractivity contribution is 5.59. The zero-order valence-electron chi connectivity index (χ0n) is 19.4. The minimum absolute atomic E-state index is 0.306. The number of aliphatic hydroxyl groups excluding tert-OH is 1. The highest BCUT2D eigenvalue weighted by Gasteiger charge is 2.76. The van der Waals surface area contributed by atoms with E-state index < -0.39 is 17.3 Å². The lowest BCUT2D eigenvalue weighted by Gasteiger charge is -2.41. The first-order valence-corrected chi connectivity index (χ1v) is 11.2. The van der Waals surface area contributed by atoms with Crippen LogP contribution in [0.5, 0.6) is 11.5 Å². The second kappa shape index (κ2) is 7.83. The Kier molecular flexibility index (Phi) is 5.20. The van der Waals surface area contributed by atoms with Crippen LogP contribution in [0.3, 0.4) is 0 Å². The predicted molar refractivity (Wildman–Crippen MR) is 125 cm³/mol. The van der Waals surface area contributed by atoms with E-state index in [1.165, 1.54) is 0 Å². The number of pyridine rings is 1. The Bertz CT molecular complexity index is 1150. The van der Waals surface area contributed by atoms with Gasteiger partial charge in [0.1, 0.15) is 11.5 Å². The van der Waals surface area contributed by atoms with E-state index in [1.54, 1.807) is 19.5 Å². The van der Waals surface area contributed by atoms with Crippen molar-refractivity contribution in [2.75, 3.05) is 27.7 Å². The quantitative estimate of drug-likeness (QED) is 0.627. The summed E-state index contributed by atoms with van der Waals surface area (Å²) in [6, 6.07) is 18.0. The van der Waals surface area contributed by atoms with Crippen molar-refractivity contribution in [1.82, 2.24) is 9.88 Å². The van der Waals surface area contributed by atoms with Crippen LogP contribution in [0, 0.1) is 12.8 Å². The molecule has 1 aliphatic heterocycles. The van der Waals surface area contributed by atoms with Gasteiger partial charge in [-0.3, -0.25) is 4.98 Å². The first kappa shape index (κ1) is 21.9. The van der Waals surface area contributed by atoms with Crippen LogP contribution in [-0.2, 0) is 11.2 Å². The Hall–Kier alpha value is -2.93. The lowest BCUT2D eigenvalue weighted by Crippen LogP contribution is -2.52. The molecule has 1 fully saturated rings. The number of aromatic nitrogens is 1. The number of methoxy groups -OCH3 is 1. The molecular weight excluding hydrogens is 416 g/mol. The minimum atomic E-state index is -1.74. The van der Waals surface area contributed by atoms with Gasteiger partial charge in [-0.1, -0.05) is 60.2 Å². The molecule has 2 aliphatic rings. The molecule has 0 amide bonds. The van der Waals surface area contributed by atoms with Gasteiger partial charge in [-0.25, -0.2) is 0 Å². The summed E-state index contributed by atoms with van der Waals surface area (Å²) in [4.78, 5) is 6.31. The maximum Gasteiger partial charge on any atom is 0.177 e. The summed E-state index contributed by atoms with van der Waals surface area (Å²) in [5.74, 6) is 0.196. The smallest absolute Gasteiger partial charge is 0.177 e. The average Bonchev–Trinajstić information content (AvgIpc) is 3.18. The molecule has 172 valence electrons. The SMILES string of the molecule is COc1cncc2c1C1(O)C(O)C(CN(C)C)C(c3ccccc3)C1(c1ccc(C)cc1)O2. The molecule has 5 unspecified atom stereocenters. The highest BCUT2D eigenvalue weighted by atomic mass is 16.5. The highest BCUT2D eigenvalue weighted by Crippen LogP contribution is 2.69. The summed E-state index contributed by atoms with van der Waals surface area (Å²) >= 11 is 0. The second-order valence-electron chi connectivity index (χ2n) is 9.44. The molecule has 2 heterocycles. The van der Waals surface area contributed by atoms with Crippen molar-refractivity contribution in [3.8, 4) is 11.5 Å². The number of rotatable bonds is 5. The molecule has 1 saturated carbocycles. The van der Waals surface area contributed by atoms with E-state index in [9.17, 15) is 10.2 Å². The monoisotopic (exact) mass is 446 g/mol. The van der Waals surface area contributed by atoms with Crippen LogP contribution in [-0.4, -0.2) is 54.0 Å². The van der Waals surface area contributed by atoms with Gasteiger partial charge in [-0.15, -0.1) is 0 Å². The third-order valence-electron chi connectivity index (χ3n) is 7.23. The molecular formula is C27H30N2O4. The molecule has 5 rings (SSSR count). The average molecular weight is 447 g/mol. The second-order valence-corrected chi connectivity index (χ2v) is 9.44. The number of ether oxygens (including phenoxy) is 2. The molecule has 0 radical (unpaired) electrons. The summed E-state index contributed by atoms with van der Waals surface area (Å²) in [6.45, 7) is 2.60. The fraction of sp³-hybridized carbons (Fsp3) is 0.370. The standard InChI is InChI=1S/C27H30N2O4/c1-17-10-12-19(13-11-17)27-23(18-8-6-5-7-9-18)20(16-29(2)3)25(30)26(27,31)24-21(32-4)14-28-15-22(24)33-27/h5-15,20,23,25,30-31H,16H2,1-4H3. The number of nitrogens with zero attached hydrogens (tertiary/aromatic N) is 2. The molecule has 1 aliphatic carbocycles. The molecule has 6 heteroatoms. The maximum absolute atomic E-state index is 12.7. The predicted octanol–water partition coefficient (Wildman–Crippen LogP) is 3.21. The van der Waals surface area contributed by atoms with Crippen molar-refractivity contribution in [2.45, 2.75) is 30.1 Å². The van der Waals surface area contributed by atoms with Crippen LogP contribution in [0.1, 0.15) is 28.2 Å². The van der Waals surface area contributed by atoms with Gasteiger partial charge >= 0.3 is 0 Å². The first-order chi connectivity index (χ1) is 15.8. The van der Waals surface area contributed by atoms with Crippen LogP contribution in [0.25, 0.3) is 0 Å². The van der Waals surface area contributed by atoms with E-state index in [4.69, 9.17) is 9.47 Å². The van der Waals surface area contributed by atoms with E-state index in [-0.39, 0.29) is 11.8 Å². The summed E-state index contributed by atoms with van der Waals surface area (Å²) in [7, 11) is 5.50. The molecule has 2 aromatic carbocycles. The molecule has 0 spiro atoms. The number of benzene rings is 2. The van der Waals surface area contributed by atoms with E-state index in [2.05, 4.69) is 4.98 Å². The molecule has 2 N–H and O–H groups in total. The van der Waals surface area contributed by atoms with Crippen LogP contribution < -0.4 is 9.47 Å². The summed E-state index contributed by atoms with van der Waals surface area (Å²) in [6.07, 6.45) is 2.05. The third kappa shape index (κ3) is 2.94. The van der Waals surface area contributed by atoms with E-state index in [0.29, 0.717) is 23.6 Å². The number of fused-ring (bicyclic) bond motifs is 3. The Morgan fingerprint density at radius 1 is 1.06 bits per heavy atom. The molecule has 3 aromatic rings. The molecule has 1 aromatic heterocycles. The van der Waals surface area contributed by atoms with Crippen molar-refractivity contribution in [2.24, 2.45) is 5.92 Å². The zero-order chi connectivity index (χ0) is 23.4. The molecule has 33 heavy (non-hydrogen) atoms. The van der Waals surface area contributed by atoms with Gasteiger partial charge in [0.05, 0.1) is 31.2 Å². The Balaban J connectivity index is 1.86. The number of aliphatic hydroxyl groups is 2.